The van der Waals surface area contributed by atoms with Crippen molar-refractivity contribution < 1.29 is 9.53 Å². The van der Waals surface area contributed by atoms with E-state index in [4.69, 9.17) is 4.74 Å². The topological polar surface area (TPSA) is 50.4 Å². The Morgan fingerprint density at radius 1 is 1.32 bits per heavy atom. The average molecular weight is 266 g/mol. The lowest BCUT2D eigenvalue weighted by atomic mass is 9.97. The van der Waals surface area contributed by atoms with E-state index in [2.05, 4.69) is 16.7 Å². The summed E-state index contributed by atoms with van der Waals surface area (Å²) in [4.78, 5) is 11.7. The maximum Gasteiger partial charge on any atom is 0.234 e. The van der Waals surface area contributed by atoms with Crippen LogP contribution in [0.5, 0.6) is 0 Å². The number of ether oxygens (including phenoxy) is 1. The summed E-state index contributed by atoms with van der Waals surface area (Å²) in [6.45, 7) is 2.89. The van der Waals surface area contributed by atoms with Crippen molar-refractivity contribution in [1.82, 2.24) is 10.6 Å². The highest BCUT2D eigenvalue weighted by atomic mass is 16.5. The molecule has 108 valence electrons. The van der Waals surface area contributed by atoms with E-state index in [1.165, 1.54) is 25.7 Å². The smallest absolute Gasteiger partial charge is 0.234 e. The first kappa shape index (κ1) is 14.5. The molecular weight excluding hydrogens is 240 g/mol. The molecule has 0 atom stereocenters. The molecule has 0 radical (unpaired) electrons. The number of carbonyl (C=O) groups is 1. The molecule has 4 nitrogen and oxygen atoms in total. The maximum atomic E-state index is 11.7. The molecule has 1 heterocycles. The number of carbonyl (C=O) groups excluding carboxylic acids is 1. The van der Waals surface area contributed by atoms with E-state index in [0.29, 0.717) is 12.6 Å². The zero-order chi connectivity index (χ0) is 13.3. The summed E-state index contributed by atoms with van der Waals surface area (Å²) in [7, 11) is 0. The molecule has 4 heteroatoms. The normalized spacial score (nSPS) is 20.9. The van der Waals surface area contributed by atoms with E-state index >= 15 is 0 Å². The van der Waals surface area contributed by atoms with E-state index in [9.17, 15) is 4.79 Å². The van der Waals surface area contributed by atoms with Crippen molar-refractivity contribution in [2.45, 2.75) is 51.0 Å². The van der Waals surface area contributed by atoms with Crippen molar-refractivity contribution in [2.24, 2.45) is 0 Å². The molecule has 0 spiro atoms. The van der Waals surface area contributed by atoms with Gasteiger partial charge in [0, 0.05) is 19.3 Å². The summed E-state index contributed by atoms with van der Waals surface area (Å²) in [6, 6.07) is 0.309. The molecule has 0 unspecified atom stereocenters. The van der Waals surface area contributed by atoms with Crippen LogP contribution in [0.25, 0.3) is 0 Å². The number of hydrogen-bond donors (Lipinski definition) is 2. The van der Waals surface area contributed by atoms with Gasteiger partial charge in [0.1, 0.15) is 0 Å². The van der Waals surface area contributed by atoms with Gasteiger partial charge in [0.2, 0.25) is 5.91 Å². The second-order valence-corrected chi connectivity index (χ2v) is 5.49. The summed E-state index contributed by atoms with van der Waals surface area (Å²) in [6.07, 6.45) is 10.5. The summed E-state index contributed by atoms with van der Waals surface area (Å²) in [5, 5.41) is 6.30. The fourth-order valence-corrected chi connectivity index (χ4v) is 2.70. The van der Waals surface area contributed by atoms with Crippen LogP contribution >= 0.6 is 0 Å². The Kier molecular flexibility index (Phi) is 6.37. The Labute approximate surface area is 116 Å². The molecule has 2 aliphatic rings. The van der Waals surface area contributed by atoms with Gasteiger partial charge in [0.05, 0.1) is 6.54 Å². The van der Waals surface area contributed by atoms with Gasteiger partial charge in [0.25, 0.3) is 0 Å². The minimum absolute atomic E-state index is 0.115. The van der Waals surface area contributed by atoms with Crippen molar-refractivity contribution in [2.75, 3.05) is 26.3 Å². The van der Waals surface area contributed by atoms with Gasteiger partial charge in [-0.3, -0.25) is 4.79 Å². The minimum atomic E-state index is 0.115. The summed E-state index contributed by atoms with van der Waals surface area (Å²) < 4.78 is 5.27. The molecular formula is C15H26N2O2. The van der Waals surface area contributed by atoms with Crippen LogP contribution in [0.15, 0.2) is 11.6 Å². The fraction of sp³-hybridized carbons (Fsp3) is 0.800. The van der Waals surface area contributed by atoms with Gasteiger partial charge in [-0.2, -0.15) is 0 Å². The molecule has 1 saturated heterocycles. The van der Waals surface area contributed by atoms with Crippen LogP contribution < -0.4 is 10.6 Å². The molecule has 1 amide bonds. The van der Waals surface area contributed by atoms with Crippen LogP contribution in [0.2, 0.25) is 0 Å². The summed E-state index contributed by atoms with van der Waals surface area (Å²) in [5.74, 6) is 0.115. The van der Waals surface area contributed by atoms with Gasteiger partial charge in [-0.1, -0.05) is 11.6 Å². The fourth-order valence-electron chi connectivity index (χ4n) is 2.70. The van der Waals surface area contributed by atoms with Gasteiger partial charge in [-0.15, -0.1) is 0 Å². The Bertz CT molecular complexity index is 309. The predicted octanol–water partition coefficient (Wildman–Crippen LogP) is 1.76. The highest BCUT2D eigenvalue weighted by molar-refractivity contribution is 5.78. The largest absolute Gasteiger partial charge is 0.381 e. The third-order valence-corrected chi connectivity index (χ3v) is 3.88. The molecule has 0 aromatic carbocycles. The first-order valence-electron chi connectivity index (χ1n) is 7.60. The van der Waals surface area contributed by atoms with Crippen LogP contribution in [-0.4, -0.2) is 38.3 Å². The lowest BCUT2D eigenvalue weighted by Crippen LogP contribution is -2.43. The summed E-state index contributed by atoms with van der Waals surface area (Å²) >= 11 is 0. The molecule has 0 bridgehead atoms. The number of rotatable bonds is 6. The Morgan fingerprint density at radius 3 is 2.89 bits per heavy atom. The Balaban J connectivity index is 1.52. The molecule has 0 saturated carbocycles. The molecule has 1 aliphatic carbocycles. The van der Waals surface area contributed by atoms with Crippen LogP contribution in [0.4, 0.5) is 0 Å². The van der Waals surface area contributed by atoms with E-state index in [-0.39, 0.29) is 5.91 Å². The second-order valence-electron chi connectivity index (χ2n) is 5.49. The predicted molar refractivity (Wildman–Crippen MR) is 76.0 cm³/mol. The molecule has 2 rings (SSSR count). The van der Waals surface area contributed by atoms with Gasteiger partial charge in [-0.25, -0.2) is 0 Å². The molecule has 0 aromatic rings. The average Bonchev–Trinajstić information content (AvgIpc) is 2.46. The third kappa shape index (κ3) is 5.74. The lowest BCUT2D eigenvalue weighted by Gasteiger charge is -2.23. The first-order chi connectivity index (χ1) is 9.34. The van der Waals surface area contributed by atoms with Gasteiger partial charge in [0.15, 0.2) is 0 Å². The van der Waals surface area contributed by atoms with Crippen LogP contribution in [0.3, 0.4) is 0 Å². The molecule has 2 N–H and O–H groups in total. The van der Waals surface area contributed by atoms with Crippen molar-refractivity contribution in [1.29, 1.82) is 0 Å². The van der Waals surface area contributed by atoms with Crippen LogP contribution in [0, 0.1) is 0 Å². The molecule has 19 heavy (non-hydrogen) atoms. The van der Waals surface area contributed by atoms with Gasteiger partial charge in [-0.05, 0) is 51.5 Å². The standard InChI is InChI=1S/C15H26N2O2/c18-15(17-14-7-10-19-11-8-14)12-16-9-6-13-4-2-1-3-5-13/h4,14,16H,1-3,5-12H2,(H,17,18). The van der Waals surface area contributed by atoms with E-state index in [0.717, 1.165) is 39.0 Å². The molecule has 0 aromatic heterocycles. The van der Waals surface area contributed by atoms with Crippen molar-refractivity contribution in [3.05, 3.63) is 11.6 Å². The second kappa shape index (κ2) is 8.33. The maximum absolute atomic E-state index is 11.7. The third-order valence-electron chi connectivity index (χ3n) is 3.88. The van der Waals surface area contributed by atoms with Crippen LogP contribution in [-0.2, 0) is 9.53 Å². The zero-order valence-electron chi connectivity index (χ0n) is 11.7. The lowest BCUT2D eigenvalue weighted by molar-refractivity contribution is -0.121. The Hall–Kier alpha value is -0.870. The van der Waals surface area contributed by atoms with E-state index in [1.807, 2.05) is 0 Å². The molecule has 1 fully saturated rings. The van der Waals surface area contributed by atoms with Gasteiger partial charge < -0.3 is 15.4 Å². The van der Waals surface area contributed by atoms with Crippen molar-refractivity contribution in [3.8, 4) is 0 Å². The zero-order valence-corrected chi connectivity index (χ0v) is 11.7. The number of allylic oxidation sites excluding steroid dienone is 1. The van der Waals surface area contributed by atoms with E-state index < -0.39 is 0 Å². The highest BCUT2D eigenvalue weighted by Crippen LogP contribution is 2.19. The monoisotopic (exact) mass is 266 g/mol. The number of nitrogens with one attached hydrogen (secondary N) is 2. The SMILES string of the molecule is O=C(CNCCC1=CCCCC1)NC1CCOCC1. The minimum Gasteiger partial charge on any atom is -0.381 e. The highest BCUT2D eigenvalue weighted by Gasteiger charge is 2.15. The van der Waals surface area contributed by atoms with E-state index in [1.54, 1.807) is 5.57 Å². The Morgan fingerprint density at radius 2 is 2.16 bits per heavy atom. The number of amides is 1. The van der Waals surface area contributed by atoms with Crippen molar-refractivity contribution in [3.63, 3.8) is 0 Å². The quantitative estimate of drug-likeness (QED) is 0.569. The molecule has 1 aliphatic heterocycles. The number of hydrogen-bond acceptors (Lipinski definition) is 3. The van der Waals surface area contributed by atoms with Crippen molar-refractivity contribution >= 4 is 5.91 Å². The van der Waals surface area contributed by atoms with Gasteiger partial charge >= 0.3 is 0 Å². The first-order valence-corrected chi connectivity index (χ1v) is 7.60. The van der Waals surface area contributed by atoms with Crippen LogP contribution in [0.1, 0.15) is 44.9 Å². The summed E-state index contributed by atoms with van der Waals surface area (Å²) in [5.41, 5.74) is 1.56.